The van der Waals surface area contributed by atoms with Gasteiger partial charge in [-0.3, -0.25) is 4.98 Å². The molecule has 0 bridgehead atoms. The predicted octanol–water partition coefficient (Wildman–Crippen LogP) is 4.05. The Hall–Kier alpha value is -2.94. The zero-order chi connectivity index (χ0) is 22.0. The lowest BCUT2D eigenvalue weighted by Gasteiger charge is -2.25. The Labute approximate surface area is 189 Å². The normalized spacial score (nSPS) is 18.3. The highest BCUT2D eigenvalue weighted by atomic mass is 35.5. The summed E-state index contributed by atoms with van der Waals surface area (Å²) >= 11 is 11.9. The molecule has 9 heteroatoms. The molecule has 31 heavy (non-hydrogen) atoms. The quantitative estimate of drug-likeness (QED) is 0.457. The number of nitrogens with one attached hydrogen (secondary N) is 1. The average Bonchev–Trinajstić information content (AvgIpc) is 3.37. The van der Waals surface area contributed by atoms with Crippen molar-refractivity contribution in [3.63, 3.8) is 0 Å². The first-order valence-corrected chi connectivity index (χ1v) is 10.5. The number of aliphatic hydroxyl groups is 1. The average molecular weight is 458 g/mol. The van der Waals surface area contributed by atoms with Crippen LogP contribution in [0.4, 0.5) is 0 Å². The molecule has 1 saturated heterocycles. The van der Waals surface area contributed by atoms with Crippen LogP contribution >= 0.6 is 23.8 Å². The van der Waals surface area contributed by atoms with E-state index in [2.05, 4.69) is 10.3 Å². The Morgan fingerprint density at radius 2 is 2.10 bits per heavy atom. The number of furan rings is 1. The summed E-state index contributed by atoms with van der Waals surface area (Å²) in [7, 11) is 0. The van der Waals surface area contributed by atoms with Crippen molar-refractivity contribution in [1.29, 1.82) is 0 Å². The van der Waals surface area contributed by atoms with E-state index in [4.69, 9.17) is 28.2 Å². The number of aromatic carboxylic acids is 1. The molecule has 2 unspecified atom stereocenters. The van der Waals surface area contributed by atoms with E-state index in [1.165, 1.54) is 12.1 Å². The van der Waals surface area contributed by atoms with Crippen LogP contribution < -0.4 is 5.32 Å². The van der Waals surface area contributed by atoms with E-state index in [0.29, 0.717) is 40.2 Å². The van der Waals surface area contributed by atoms with Crippen molar-refractivity contribution in [1.82, 2.24) is 15.2 Å². The fraction of sp³-hybridized carbons (Fsp3) is 0.227. The first-order valence-electron chi connectivity index (χ1n) is 9.71. The van der Waals surface area contributed by atoms with Crippen LogP contribution in [0.1, 0.15) is 40.3 Å². The molecule has 7 nitrogen and oxygen atoms in total. The van der Waals surface area contributed by atoms with E-state index >= 15 is 0 Å². The lowest BCUT2D eigenvalue weighted by molar-refractivity contribution is 0.0697. The summed E-state index contributed by atoms with van der Waals surface area (Å²) in [5.41, 5.74) is 1.43. The Kier molecular flexibility index (Phi) is 6.22. The van der Waals surface area contributed by atoms with Crippen molar-refractivity contribution >= 4 is 34.9 Å². The van der Waals surface area contributed by atoms with Gasteiger partial charge in [0.25, 0.3) is 0 Å². The summed E-state index contributed by atoms with van der Waals surface area (Å²) in [4.78, 5) is 17.8. The highest BCUT2D eigenvalue weighted by molar-refractivity contribution is 7.80. The number of hydrogen-bond acceptors (Lipinski definition) is 5. The second-order valence-corrected chi connectivity index (χ2v) is 7.89. The Morgan fingerprint density at radius 3 is 2.81 bits per heavy atom. The summed E-state index contributed by atoms with van der Waals surface area (Å²) in [6.45, 7) is 0.586. The third kappa shape index (κ3) is 4.27. The molecule has 3 aromatic rings. The molecule has 0 spiro atoms. The smallest absolute Gasteiger partial charge is 0.335 e. The molecule has 0 saturated carbocycles. The number of carbonyl (C=O) groups is 1. The molecule has 1 aliphatic rings. The number of benzene rings is 1. The topological polar surface area (TPSA) is 98.8 Å². The predicted molar refractivity (Wildman–Crippen MR) is 120 cm³/mol. The number of pyridine rings is 1. The van der Waals surface area contributed by atoms with E-state index in [1.807, 2.05) is 29.2 Å². The molecule has 0 radical (unpaired) electrons. The van der Waals surface area contributed by atoms with Crippen LogP contribution in [0.15, 0.2) is 59.1 Å². The standard InChI is InChI=1S/C22H20ClN3O4S/c23-15-6-5-13(21(28)29)12-14(15)17-7-8-18(30-17)20-19(16-4-1-2-9-24-16)25-22(31)26(20)10-3-11-27/h1-2,4-9,12,19-20,27H,3,10-11H2,(H,25,31)(H,28,29). The van der Waals surface area contributed by atoms with Gasteiger partial charge in [0.1, 0.15) is 17.6 Å². The maximum absolute atomic E-state index is 11.4. The molecule has 0 aliphatic carbocycles. The lowest BCUT2D eigenvalue weighted by Crippen LogP contribution is -2.30. The molecule has 1 aliphatic heterocycles. The van der Waals surface area contributed by atoms with Crippen molar-refractivity contribution < 1.29 is 19.4 Å². The van der Waals surface area contributed by atoms with Crippen LogP contribution in [-0.2, 0) is 0 Å². The minimum Gasteiger partial charge on any atom is -0.478 e. The minimum atomic E-state index is -1.04. The number of rotatable bonds is 7. The van der Waals surface area contributed by atoms with Crippen LogP contribution in [-0.4, -0.2) is 44.3 Å². The van der Waals surface area contributed by atoms with E-state index in [0.717, 1.165) is 5.69 Å². The van der Waals surface area contributed by atoms with E-state index in [1.54, 1.807) is 18.3 Å². The summed E-state index contributed by atoms with van der Waals surface area (Å²) in [5, 5.41) is 22.9. The highest BCUT2D eigenvalue weighted by Crippen LogP contribution is 2.41. The minimum absolute atomic E-state index is 0.0427. The Bertz CT molecular complexity index is 1110. The monoisotopic (exact) mass is 457 g/mol. The van der Waals surface area contributed by atoms with Gasteiger partial charge >= 0.3 is 5.97 Å². The maximum Gasteiger partial charge on any atom is 0.335 e. The van der Waals surface area contributed by atoms with Gasteiger partial charge in [-0.05, 0) is 61.1 Å². The highest BCUT2D eigenvalue weighted by Gasteiger charge is 2.41. The summed E-state index contributed by atoms with van der Waals surface area (Å²) < 4.78 is 6.17. The number of carboxylic acid groups (broad SMARTS) is 1. The zero-order valence-electron chi connectivity index (χ0n) is 16.4. The number of aliphatic hydroxyl groups excluding tert-OH is 1. The van der Waals surface area contributed by atoms with Crippen LogP contribution in [0, 0.1) is 0 Å². The molecule has 2 aromatic heterocycles. The molecule has 3 N–H and O–H groups in total. The molecular formula is C22H20ClN3O4S. The second kappa shape index (κ2) is 9.05. The maximum atomic E-state index is 11.4. The van der Waals surface area contributed by atoms with Gasteiger partial charge in [0.15, 0.2) is 5.11 Å². The molecule has 0 amide bonds. The fourth-order valence-corrected chi connectivity index (χ4v) is 4.24. The number of halogens is 1. The first kappa shape index (κ1) is 21.3. The van der Waals surface area contributed by atoms with Gasteiger partial charge in [-0.25, -0.2) is 4.79 Å². The van der Waals surface area contributed by atoms with E-state index < -0.39 is 5.97 Å². The van der Waals surface area contributed by atoms with Crippen molar-refractivity contribution in [2.45, 2.75) is 18.5 Å². The fourth-order valence-electron chi connectivity index (χ4n) is 3.70. The molecule has 2 atom stereocenters. The largest absolute Gasteiger partial charge is 0.478 e. The summed E-state index contributed by atoms with van der Waals surface area (Å²) in [6, 6.07) is 13.2. The number of nitrogens with zero attached hydrogens (tertiary/aromatic N) is 2. The van der Waals surface area contributed by atoms with Gasteiger partial charge in [-0.15, -0.1) is 0 Å². The van der Waals surface area contributed by atoms with Gasteiger partial charge in [-0.1, -0.05) is 17.7 Å². The van der Waals surface area contributed by atoms with Gasteiger partial charge in [0.2, 0.25) is 0 Å². The molecule has 4 rings (SSSR count). The van der Waals surface area contributed by atoms with Crippen LogP contribution in [0.25, 0.3) is 11.3 Å². The van der Waals surface area contributed by atoms with E-state index in [-0.39, 0.29) is 24.3 Å². The first-order chi connectivity index (χ1) is 15.0. The Morgan fingerprint density at radius 1 is 1.26 bits per heavy atom. The number of carboxylic acids is 1. The Balaban J connectivity index is 1.74. The molecule has 3 heterocycles. The number of hydrogen-bond donors (Lipinski definition) is 3. The van der Waals surface area contributed by atoms with Crippen LogP contribution in [0.2, 0.25) is 5.02 Å². The second-order valence-electron chi connectivity index (χ2n) is 7.10. The van der Waals surface area contributed by atoms with Crippen molar-refractivity contribution in [3.8, 4) is 11.3 Å². The third-order valence-corrected chi connectivity index (χ3v) is 5.83. The third-order valence-electron chi connectivity index (χ3n) is 5.15. The zero-order valence-corrected chi connectivity index (χ0v) is 17.9. The van der Waals surface area contributed by atoms with Crippen molar-refractivity contribution in [2.24, 2.45) is 0 Å². The number of thiocarbonyl (C=S) groups is 1. The molecule has 1 fully saturated rings. The van der Waals surface area contributed by atoms with Crippen molar-refractivity contribution in [3.05, 3.63) is 76.8 Å². The lowest BCUT2D eigenvalue weighted by atomic mass is 10.0. The van der Waals surface area contributed by atoms with E-state index in [9.17, 15) is 15.0 Å². The van der Waals surface area contributed by atoms with Gasteiger partial charge in [0, 0.05) is 24.9 Å². The number of aromatic nitrogens is 1. The molecule has 1 aromatic carbocycles. The molecule has 160 valence electrons. The summed E-state index contributed by atoms with van der Waals surface area (Å²) in [5.74, 6) is 0.0518. The van der Waals surface area contributed by atoms with Gasteiger partial charge < -0.3 is 24.8 Å². The molecular weight excluding hydrogens is 438 g/mol. The van der Waals surface area contributed by atoms with Crippen LogP contribution in [0.5, 0.6) is 0 Å². The van der Waals surface area contributed by atoms with Gasteiger partial charge in [0.05, 0.1) is 22.3 Å². The summed E-state index contributed by atoms with van der Waals surface area (Å²) in [6.07, 6.45) is 2.27. The van der Waals surface area contributed by atoms with Crippen molar-refractivity contribution in [2.75, 3.05) is 13.2 Å². The SMILES string of the molecule is O=C(O)c1ccc(Cl)c(-c2ccc(C3C(c4ccccn4)NC(=S)N3CCCO)o2)c1. The van der Waals surface area contributed by atoms with Gasteiger partial charge in [-0.2, -0.15) is 0 Å². The van der Waals surface area contributed by atoms with Crippen LogP contribution in [0.3, 0.4) is 0 Å².